The molecule has 3 rings (SSSR count). The molecule has 1 saturated heterocycles. The van der Waals surface area contributed by atoms with E-state index in [0.29, 0.717) is 18.5 Å². The molecule has 4 N–H and O–H groups in total. The number of benzene rings is 1. The first kappa shape index (κ1) is 18.4. The van der Waals surface area contributed by atoms with Crippen LogP contribution in [0, 0.1) is 0 Å². The molecule has 2 atom stereocenters. The van der Waals surface area contributed by atoms with Crippen LogP contribution in [0.2, 0.25) is 0 Å². The van der Waals surface area contributed by atoms with Gasteiger partial charge in [-0.3, -0.25) is 9.59 Å². The van der Waals surface area contributed by atoms with Gasteiger partial charge in [0.05, 0.1) is 5.56 Å². The van der Waals surface area contributed by atoms with Gasteiger partial charge in [0.2, 0.25) is 0 Å². The Balaban J connectivity index is 1.59. The second-order valence-electron chi connectivity index (χ2n) is 6.48. The van der Waals surface area contributed by atoms with E-state index < -0.39 is 5.91 Å². The van der Waals surface area contributed by atoms with Crippen molar-refractivity contribution >= 4 is 28.2 Å². The van der Waals surface area contributed by atoms with E-state index in [4.69, 9.17) is 10.5 Å². The summed E-state index contributed by atoms with van der Waals surface area (Å²) in [6, 6.07) is 9.86. The van der Waals surface area contributed by atoms with E-state index in [1.807, 2.05) is 25.1 Å². The molecule has 1 fully saturated rings. The van der Waals surface area contributed by atoms with E-state index >= 15 is 0 Å². The third-order valence-electron chi connectivity index (χ3n) is 4.40. The first-order valence-corrected chi connectivity index (χ1v) is 9.40. The molecule has 0 saturated carbocycles. The molecular weight excluding hydrogens is 350 g/mol. The standard InChI is InChI=1S/C19H23N3O3S/c1-11-7-16(19(24)25-11)22-10-13-5-3-12(4-6-13)8-14-9-15(17(20)23)18(21-2)26-14/h3-6,9,11,16,21-22H,7-8,10H2,1-2H3,(H2,20,23). The maximum Gasteiger partial charge on any atom is 0.323 e. The van der Waals surface area contributed by atoms with Gasteiger partial charge in [-0.25, -0.2) is 0 Å². The van der Waals surface area contributed by atoms with E-state index in [0.717, 1.165) is 27.4 Å². The number of carbonyl (C=O) groups excluding carboxylic acids is 2. The Bertz CT molecular complexity index is 801. The Morgan fingerprint density at radius 3 is 2.54 bits per heavy atom. The van der Waals surface area contributed by atoms with Crippen LogP contribution in [-0.2, 0) is 22.5 Å². The minimum atomic E-state index is -0.418. The number of amides is 1. The smallest absolute Gasteiger partial charge is 0.323 e. The summed E-state index contributed by atoms with van der Waals surface area (Å²) in [5.74, 6) is -0.588. The fraction of sp³-hybridized carbons (Fsp3) is 0.368. The summed E-state index contributed by atoms with van der Waals surface area (Å²) in [4.78, 5) is 24.2. The zero-order valence-corrected chi connectivity index (χ0v) is 15.7. The van der Waals surface area contributed by atoms with Crippen molar-refractivity contribution in [3.8, 4) is 0 Å². The normalized spacial score (nSPS) is 19.4. The van der Waals surface area contributed by atoms with Crippen molar-refractivity contribution in [1.82, 2.24) is 5.32 Å². The van der Waals surface area contributed by atoms with Crippen LogP contribution in [-0.4, -0.2) is 31.1 Å². The number of cyclic esters (lactones) is 1. The highest BCUT2D eigenvalue weighted by Crippen LogP contribution is 2.29. The third kappa shape index (κ3) is 4.23. The fourth-order valence-corrected chi connectivity index (χ4v) is 4.09. The van der Waals surface area contributed by atoms with Crippen molar-refractivity contribution in [2.24, 2.45) is 5.73 Å². The third-order valence-corrected chi connectivity index (χ3v) is 5.55. The fourth-order valence-electron chi connectivity index (χ4n) is 3.04. The lowest BCUT2D eigenvalue weighted by Gasteiger charge is -2.09. The van der Waals surface area contributed by atoms with Crippen molar-refractivity contribution < 1.29 is 14.3 Å². The molecule has 6 nitrogen and oxygen atoms in total. The largest absolute Gasteiger partial charge is 0.461 e. The maximum atomic E-state index is 11.6. The van der Waals surface area contributed by atoms with Crippen LogP contribution in [0.3, 0.4) is 0 Å². The monoisotopic (exact) mass is 373 g/mol. The number of anilines is 1. The highest BCUT2D eigenvalue weighted by Gasteiger charge is 2.31. The van der Waals surface area contributed by atoms with Crippen LogP contribution >= 0.6 is 11.3 Å². The molecule has 1 aromatic carbocycles. The van der Waals surface area contributed by atoms with Crippen LogP contribution in [0.5, 0.6) is 0 Å². The van der Waals surface area contributed by atoms with Crippen molar-refractivity contribution in [3.05, 3.63) is 51.9 Å². The average Bonchev–Trinajstić information content (AvgIpc) is 3.16. The molecule has 7 heteroatoms. The van der Waals surface area contributed by atoms with Gasteiger partial charge in [-0.1, -0.05) is 24.3 Å². The molecule has 2 heterocycles. The lowest BCUT2D eigenvalue weighted by atomic mass is 10.1. The van der Waals surface area contributed by atoms with Gasteiger partial charge in [-0.05, 0) is 24.1 Å². The highest BCUT2D eigenvalue weighted by molar-refractivity contribution is 7.16. The molecule has 0 aliphatic carbocycles. The maximum absolute atomic E-state index is 11.6. The van der Waals surface area contributed by atoms with Crippen molar-refractivity contribution in [3.63, 3.8) is 0 Å². The van der Waals surface area contributed by atoms with Crippen LogP contribution < -0.4 is 16.4 Å². The molecule has 1 amide bonds. The van der Waals surface area contributed by atoms with Gasteiger partial charge in [0.15, 0.2) is 0 Å². The lowest BCUT2D eigenvalue weighted by Crippen LogP contribution is -2.32. The molecule has 0 spiro atoms. The summed E-state index contributed by atoms with van der Waals surface area (Å²) in [5.41, 5.74) is 8.21. The molecule has 1 aromatic heterocycles. The number of rotatable bonds is 7. The zero-order chi connectivity index (χ0) is 18.7. The SMILES string of the molecule is CNc1sc(Cc2ccc(CNC3CC(C)OC3=O)cc2)cc1C(N)=O. The predicted molar refractivity (Wildman–Crippen MR) is 102 cm³/mol. The number of hydrogen-bond donors (Lipinski definition) is 3. The minimum absolute atomic E-state index is 0.0130. The molecule has 0 radical (unpaired) electrons. The van der Waals surface area contributed by atoms with Crippen molar-refractivity contribution in [2.45, 2.75) is 38.5 Å². The number of primary amides is 1. The molecule has 1 aliphatic rings. The van der Waals surface area contributed by atoms with Crippen LogP contribution in [0.1, 0.15) is 39.7 Å². The van der Waals surface area contributed by atoms with Gasteiger partial charge < -0.3 is 21.1 Å². The Kier molecular flexibility index (Phi) is 5.58. The average molecular weight is 373 g/mol. The first-order valence-electron chi connectivity index (χ1n) is 8.58. The topological polar surface area (TPSA) is 93.4 Å². The molecule has 1 aliphatic heterocycles. The summed E-state index contributed by atoms with van der Waals surface area (Å²) in [5, 5.41) is 7.06. The first-order chi connectivity index (χ1) is 12.5. The highest BCUT2D eigenvalue weighted by atomic mass is 32.1. The Hall–Kier alpha value is -2.38. The molecule has 26 heavy (non-hydrogen) atoms. The van der Waals surface area contributed by atoms with Gasteiger partial charge in [0, 0.05) is 31.3 Å². The summed E-state index contributed by atoms with van der Waals surface area (Å²) < 4.78 is 5.15. The zero-order valence-electron chi connectivity index (χ0n) is 14.9. The summed E-state index contributed by atoms with van der Waals surface area (Å²) in [7, 11) is 1.78. The number of hydrogen-bond acceptors (Lipinski definition) is 6. The molecule has 0 bridgehead atoms. The van der Waals surface area contributed by atoms with Gasteiger partial charge in [-0.15, -0.1) is 11.3 Å². The number of thiophene rings is 1. The number of carbonyl (C=O) groups is 2. The summed E-state index contributed by atoms with van der Waals surface area (Å²) in [6.07, 6.45) is 1.44. The van der Waals surface area contributed by atoms with Crippen LogP contribution in [0.25, 0.3) is 0 Å². The van der Waals surface area contributed by atoms with Gasteiger partial charge in [0.25, 0.3) is 5.91 Å². The number of ether oxygens (including phenoxy) is 1. The lowest BCUT2D eigenvalue weighted by molar-refractivity contribution is -0.142. The number of esters is 1. The Labute approximate surface area is 156 Å². The van der Waals surface area contributed by atoms with Gasteiger partial charge >= 0.3 is 5.97 Å². The quantitative estimate of drug-likeness (QED) is 0.648. The summed E-state index contributed by atoms with van der Waals surface area (Å²) >= 11 is 1.54. The Morgan fingerprint density at radius 2 is 2.00 bits per heavy atom. The second kappa shape index (κ2) is 7.88. The number of nitrogens with one attached hydrogen (secondary N) is 2. The predicted octanol–water partition coefficient (Wildman–Crippen LogP) is 2.27. The van der Waals surface area contributed by atoms with Crippen molar-refractivity contribution in [2.75, 3.05) is 12.4 Å². The second-order valence-corrected chi connectivity index (χ2v) is 7.62. The summed E-state index contributed by atoms with van der Waals surface area (Å²) in [6.45, 7) is 2.53. The van der Waals surface area contributed by atoms with E-state index in [2.05, 4.69) is 22.8 Å². The molecule has 2 aromatic rings. The van der Waals surface area contributed by atoms with E-state index in [1.54, 1.807) is 7.05 Å². The van der Waals surface area contributed by atoms with Crippen LogP contribution in [0.15, 0.2) is 30.3 Å². The van der Waals surface area contributed by atoms with E-state index in [1.165, 1.54) is 11.3 Å². The molecule has 2 unspecified atom stereocenters. The molecular formula is C19H23N3O3S. The molecule has 138 valence electrons. The van der Waals surface area contributed by atoms with Gasteiger partial charge in [-0.2, -0.15) is 0 Å². The van der Waals surface area contributed by atoms with E-state index in [9.17, 15) is 9.59 Å². The van der Waals surface area contributed by atoms with Crippen LogP contribution in [0.4, 0.5) is 5.00 Å². The minimum Gasteiger partial charge on any atom is -0.461 e. The van der Waals surface area contributed by atoms with Crippen molar-refractivity contribution in [1.29, 1.82) is 0 Å². The number of nitrogens with two attached hydrogens (primary N) is 1. The Morgan fingerprint density at radius 1 is 1.31 bits per heavy atom. The van der Waals surface area contributed by atoms with Gasteiger partial charge in [0.1, 0.15) is 17.1 Å². The van der Waals surface area contributed by atoms with E-state index in [-0.39, 0.29) is 18.1 Å².